The van der Waals surface area contributed by atoms with Crippen molar-refractivity contribution in [3.05, 3.63) is 53.1 Å². The third-order valence-electron chi connectivity index (χ3n) is 2.79. The maximum Gasteiger partial charge on any atom is 0.289 e. The molecule has 0 aliphatic carbocycles. The summed E-state index contributed by atoms with van der Waals surface area (Å²) in [5.74, 6) is 1.13. The van der Waals surface area contributed by atoms with Gasteiger partial charge in [0.25, 0.3) is 5.82 Å². The fraction of sp³-hybridized carbons (Fsp3) is 0.133. The fourth-order valence-corrected chi connectivity index (χ4v) is 2.73. The van der Waals surface area contributed by atoms with Gasteiger partial charge in [-0.1, -0.05) is 42.1 Å². The summed E-state index contributed by atoms with van der Waals surface area (Å²) in [7, 11) is 0. The number of pyridine rings is 1. The summed E-state index contributed by atoms with van der Waals surface area (Å²) >= 11 is 1.53. The lowest BCUT2D eigenvalue weighted by Gasteiger charge is -2.03. The molecule has 0 radical (unpaired) electrons. The van der Waals surface area contributed by atoms with E-state index in [4.69, 9.17) is 16.3 Å². The van der Waals surface area contributed by atoms with Crippen LogP contribution in [0.3, 0.4) is 0 Å². The van der Waals surface area contributed by atoms with Gasteiger partial charge in [0.05, 0.1) is 0 Å². The van der Waals surface area contributed by atoms with Crippen LogP contribution in [-0.4, -0.2) is 5.75 Å². The molecule has 1 aromatic heterocycles. The monoisotopic (exact) mass is 281 g/mol. The summed E-state index contributed by atoms with van der Waals surface area (Å²) in [6.07, 6.45) is 0.907. The number of benzene rings is 1. The second kappa shape index (κ2) is 6.60. The number of thioether (sulfide) groups is 1. The van der Waals surface area contributed by atoms with Crippen LogP contribution >= 0.6 is 11.8 Å². The Kier molecular flexibility index (Phi) is 4.60. The van der Waals surface area contributed by atoms with E-state index in [0.29, 0.717) is 22.0 Å². The SMILES string of the molecule is N#Cc1cc(C#N)c(SCCc2ccccc2)[nH+]c1N. The summed E-state index contributed by atoms with van der Waals surface area (Å²) in [4.78, 5) is 2.93. The third kappa shape index (κ3) is 3.28. The van der Waals surface area contributed by atoms with Crippen molar-refractivity contribution < 1.29 is 4.98 Å². The minimum absolute atomic E-state index is 0.300. The summed E-state index contributed by atoms with van der Waals surface area (Å²) in [5, 5.41) is 18.7. The normalized spacial score (nSPS) is 9.70. The van der Waals surface area contributed by atoms with E-state index in [9.17, 15) is 0 Å². The van der Waals surface area contributed by atoms with Gasteiger partial charge in [-0.05, 0) is 18.1 Å². The molecule has 2 rings (SSSR count). The van der Waals surface area contributed by atoms with Gasteiger partial charge in [0.15, 0.2) is 5.03 Å². The number of hydrogen-bond acceptors (Lipinski definition) is 4. The highest BCUT2D eigenvalue weighted by molar-refractivity contribution is 7.99. The maximum atomic E-state index is 9.11. The van der Waals surface area contributed by atoms with Gasteiger partial charge in [-0.3, -0.25) is 5.73 Å². The first-order chi connectivity index (χ1) is 9.74. The van der Waals surface area contributed by atoms with Crippen LogP contribution in [0.4, 0.5) is 5.82 Å². The smallest absolute Gasteiger partial charge is 0.286 e. The number of anilines is 1. The Bertz CT molecular complexity index is 684. The number of nitrogens with two attached hydrogens (primary N) is 1. The van der Waals surface area contributed by atoms with Crippen LogP contribution in [0.2, 0.25) is 0 Å². The molecule has 98 valence electrons. The van der Waals surface area contributed by atoms with Crippen molar-refractivity contribution in [2.75, 3.05) is 11.5 Å². The number of H-pyrrole nitrogens is 1. The van der Waals surface area contributed by atoms with E-state index >= 15 is 0 Å². The molecule has 5 heteroatoms. The van der Waals surface area contributed by atoms with Gasteiger partial charge in [0.2, 0.25) is 0 Å². The lowest BCUT2D eigenvalue weighted by atomic mass is 10.2. The quantitative estimate of drug-likeness (QED) is 0.870. The first kappa shape index (κ1) is 13.9. The lowest BCUT2D eigenvalue weighted by Crippen LogP contribution is -2.17. The second-order valence-electron chi connectivity index (χ2n) is 4.15. The minimum Gasteiger partial charge on any atom is -0.286 e. The number of aromatic amines is 1. The molecule has 0 aliphatic heterocycles. The van der Waals surface area contributed by atoms with E-state index in [0.717, 1.165) is 12.2 Å². The number of nitrogens with zero attached hydrogens (tertiary/aromatic N) is 2. The molecular formula is C15H13N4S+. The highest BCUT2D eigenvalue weighted by atomic mass is 32.2. The number of rotatable bonds is 4. The molecule has 2 aromatic rings. The lowest BCUT2D eigenvalue weighted by molar-refractivity contribution is -0.410. The van der Waals surface area contributed by atoms with Crippen molar-refractivity contribution in [2.24, 2.45) is 0 Å². The summed E-state index contributed by atoms with van der Waals surface area (Å²) in [5.41, 5.74) is 7.74. The van der Waals surface area contributed by atoms with Gasteiger partial charge in [0, 0.05) is 5.75 Å². The van der Waals surface area contributed by atoms with E-state index in [1.54, 1.807) is 0 Å². The predicted molar refractivity (Wildman–Crippen MR) is 77.7 cm³/mol. The van der Waals surface area contributed by atoms with E-state index < -0.39 is 0 Å². The molecule has 0 amide bonds. The van der Waals surface area contributed by atoms with Crippen molar-refractivity contribution in [1.82, 2.24) is 0 Å². The van der Waals surface area contributed by atoms with Crippen molar-refractivity contribution in [1.29, 1.82) is 10.5 Å². The van der Waals surface area contributed by atoms with E-state index in [2.05, 4.69) is 23.2 Å². The molecule has 1 aromatic carbocycles. The highest BCUT2D eigenvalue weighted by Crippen LogP contribution is 2.21. The van der Waals surface area contributed by atoms with Crippen LogP contribution < -0.4 is 10.7 Å². The summed E-state index contributed by atoms with van der Waals surface area (Å²) < 4.78 is 0. The van der Waals surface area contributed by atoms with Gasteiger partial charge in [-0.15, -0.1) is 0 Å². The predicted octanol–water partition coefficient (Wildman–Crippen LogP) is 2.16. The average molecular weight is 281 g/mol. The first-order valence-electron chi connectivity index (χ1n) is 6.07. The summed E-state index contributed by atoms with van der Waals surface area (Å²) in [6, 6.07) is 15.7. The Morgan fingerprint density at radius 3 is 2.45 bits per heavy atom. The molecule has 0 saturated heterocycles. The third-order valence-corrected chi connectivity index (χ3v) is 3.81. The van der Waals surface area contributed by atoms with Crippen molar-refractivity contribution >= 4 is 17.6 Å². The van der Waals surface area contributed by atoms with Crippen LogP contribution in [-0.2, 0) is 6.42 Å². The Morgan fingerprint density at radius 1 is 1.10 bits per heavy atom. The van der Waals surface area contributed by atoms with Gasteiger partial charge in [-0.25, -0.2) is 4.98 Å². The van der Waals surface area contributed by atoms with Crippen molar-refractivity contribution in [3.63, 3.8) is 0 Å². The molecule has 0 atom stereocenters. The minimum atomic E-state index is 0.300. The number of nitrogens with one attached hydrogen (secondary N) is 1. The molecule has 3 N–H and O–H groups in total. The fourth-order valence-electron chi connectivity index (χ4n) is 1.75. The highest BCUT2D eigenvalue weighted by Gasteiger charge is 2.14. The molecule has 20 heavy (non-hydrogen) atoms. The van der Waals surface area contributed by atoms with Crippen LogP contribution in [0, 0.1) is 22.7 Å². The van der Waals surface area contributed by atoms with Crippen molar-refractivity contribution in [3.8, 4) is 12.1 Å². The average Bonchev–Trinajstić information content (AvgIpc) is 2.48. The van der Waals surface area contributed by atoms with Crippen LogP contribution in [0.25, 0.3) is 0 Å². The van der Waals surface area contributed by atoms with Crippen LogP contribution in [0.5, 0.6) is 0 Å². The largest absolute Gasteiger partial charge is 0.289 e. The zero-order valence-electron chi connectivity index (χ0n) is 10.8. The summed E-state index contributed by atoms with van der Waals surface area (Å²) in [6.45, 7) is 0. The van der Waals surface area contributed by atoms with E-state index in [-0.39, 0.29) is 0 Å². The number of hydrogen-bond donors (Lipinski definition) is 1. The molecule has 1 heterocycles. The molecule has 0 unspecified atom stereocenters. The van der Waals surface area contributed by atoms with Gasteiger partial charge < -0.3 is 0 Å². The van der Waals surface area contributed by atoms with Crippen molar-refractivity contribution in [2.45, 2.75) is 11.4 Å². The standard InChI is InChI=1S/C15H12N4S/c16-9-12-8-13(10-17)15(19-14(12)18)20-7-6-11-4-2-1-3-5-11/h1-5,8H,6-7H2,(H2,18,19)/p+1. The van der Waals surface area contributed by atoms with Gasteiger partial charge in [-0.2, -0.15) is 10.5 Å². The Hall–Kier alpha value is -2.50. The van der Waals surface area contributed by atoms with E-state index in [1.807, 2.05) is 24.3 Å². The zero-order valence-corrected chi connectivity index (χ0v) is 11.6. The topological polar surface area (TPSA) is 87.7 Å². The molecule has 0 fully saturated rings. The van der Waals surface area contributed by atoms with E-state index in [1.165, 1.54) is 23.4 Å². The Labute approximate surface area is 121 Å². The first-order valence-corrected chi connectivity index (χ1v) is 7.06. The van der Waals surface area contributed by atoms with Gasteiger partial charge >= 0.3 is 0 Å². The molecule has 0 aliphatic rings. The Morgan fingerprint density at radius 2 is 1.80 bits per heavy atom. The zero-order chi connectivity index (χ0) is 14.4. The second-order valence-corrected chi connectivity index (χ2v) is 5.25. The number of aromatic nitrogens is 1. The maximum absolute atomic E-state index is 9.11. The molecule has 4 nitrogen and oxygen atoms in total. The van der Waals surface area contributed by atoms with Crippen LogP contribution in [0.15, 0.2) is 41.4 Å². The van der Waals surface area contributed by atoms with Gasteiger partial charge in [0.1, 0.15) is 23.3 Å². The number of aryl methyl sites for hydroxylation is 1. The number of nitrogen functional groups attached to an aromatic ring is 1. The molecule has 0 spiro atoms. The Balaban J connectivity index is 2.08. The molecule has 0 saturated carbocycles. The van der Waals surface area contributed by atoms with Crippen LogP contribution in [0.1, 0.15) is 16.7 Å². The molecule has 0 bridgehead atoms. The number of nitriles is 2. The molecular weight excluding hydrogens is 268 g/mol.